The summed E-state index contributed by atoms with van der Waals surface area (Å²) in [6.45, 7) is 5.49. The quantitative estimate of drug-likeness (QED) is 0.410. The zero-order valence-corrected chi connectivity index (χ0v) is 26.9. The summed E-state index contributed by atoms with van der Waals surface area (Å²) in [5, 5.41) is 5.47. The zero-order valence-electron chi connectivity index (χ0n) is 23.7. The number of alkyl carbamates (subject to hydrolysis) is 1. The topological polar surface area (TPSA) is 151 Å². The van der Waals surface area contributed by atoms with Crippen LogP contribution in [0, 0.1) is 5.92 Å². The van der Waals surface area contributed by atoms with E-state index in [4.69, 9.17) is 27.9 Å². The van der Waals surface area contributed by atoms with Gasteiger partial charge in [-0.1, -0.05) is 48.2 Å². The average molecular weight is 664 g/mol. The Morgan fingerprint density at radius 3 is 2.55 bits per heavy atom. The molecule has 15 heteroatoms. The van der Waals surface area contributed by atoms with E-state index < -0.39 is 63.0 Å². The van der Waals surface area contributed by atoms with Gasteiger partial charge in [0, 0.05) is 12.5 Å². The van der Waals surface area contributed by atoms with Crippen LogP contribution in [0.1, 0.15) is 72.1 Å². The molecular weight excluding hydrogens is 627 g/mol. The Hall–Kier alpha value is -2.35. The fourth-order valence-electron chi connectivity index (χ4n) is 5.32. The highest BCUT2D eigenvalue weighted by atomic mass is 35.5. The van der Waals surface area contributed by atoms with Crippen molar-refractivity contribution in [2.45, 2.75) is 100 Å². The fourth-order valence-corrected chi connectivity index (χ4v) is 8.51. The molecular formula is C27H36Cl2N4O7S2. The molecule has 1 aliphatic carbocycles. The van der Waals surface area contributed by atoms with E-state index in [-0.39, 0.29) is 20.0 Å². The number of amides is 4. The standard InChI is InChI=1S/C27H36Cl2N4O7S2/c1-26(2,3)40-25(37)30-17-11-8-6-4-5-7-10-16-15-27(16,31-22(34)18-12-9-13-33(18)23(17)35)24(36)32-42(38,39)19-14-20(28)41-21(19)29/h7,10,14,16-18H,4-6,8-9,11-13,15H2,1-3H3,(H,30,37)(H,31,34)(H,32,36)/b10-7-. The van der Waals surface area contributed by atoms with Crippen LogP contribution in [-0.2, 0) is 29.1 Å². The van der Waals surface area contributed by atoms with Gasteiger partial charge in [0.2, 0.25) is 11.8 Å². The fraction of sp³-hybridized carbons (Fsp3) is 0.630. The third kappa shape index (κ3) is 7.59. The summed E-state index contributed by atoms with van der Waals surface area (Å²) in [7, 11) is -4.37. The Labute approximate surface area is 259 Å². The first-order valence-electron chi connectivity index (χ1n) is 13.9. The number of rotatable bonds is 4. The van der Waals surface area contributed by atoms with Gasteiger partial charge in [-0.15, -0.1) is 11.3 Å². The van der Waals surface area contributed by atoms with Gasteiger partial charge in [-0.2, -0.15) is 0 Å². The summed E-state index contributed by atoms with van der Waals surface area (Å²) in [4.78, 5) is 54.5. The Morgan fingerprint density at radius 2 is 1.88 bits per heavy atom. The van der Waals surface area contributed by atoms with Gasteiger partial charge in [0.15, 0.2) is 0 Å². The molecule has 4 rings (SSSR count). The number of hydrogen-bond acceptors (Lipinski definition) is 8. The van der Waals surface area contributed by atoms with Crippen molar-refractivity contribution in [2.75, 3.05) is 6.54 Å². The van der Waals surface area contributed by atoms with E-state index in [0.29, 0.717) is 38.6 Å². The second-order valence-electron chi connectivity index (χ2n) is 11.8. The first-order chi connectivity index (χ1) is 19.6. The van der Waals surface area contributed by atoms with E-state index in [1.54, 1.807) is 20.8 Å². The lowest BCUT2D eigenvalue weighted by atomic mass is 10.0. The molecule has 4 unspecified atom stereocenters. The molecule has 2 aliphatic heterocycles. The average Bonchev–Trinajstić information content (AvgIpc) is 3.18. The largest absolute Gasteiger partial charge is 0.444 e. The summed E-state index contributed by atoms with van der Waals surface area (Å²) in [5.74, 6) is -2.29. The zero-order chi connectivity index (χ0) is 30.9. The van der Waals surface area contributed by atoms with Crippen molar-refractivity contribution in [1.29, 1.82) is 0 Å². The molecule has 4 amide bonds. The Bertz CT molecular complexity index is 1370. The van der Waals surface area contributed by atoms with Crippen LogP contribution in [0.2, 0.25) is 8.67 Å². The monoisotopic (exact) mass is 662 g/mol. The molecule has 0 radical (unpaired) electrons. The first-order valence-corrected chi connectivity index (χ1v) is 17.0. The van der Waals surface area contributed by atoms with Crippen LogP contribution in [0.25, 0.3) is 0 Å². The predicted molar refractivity (Wildman–Crippen MR) is 159 cm³/mol. The van der Waals surface area contributed by atoms with E-state index in [1.165, 1.54) is 4.90 Å². The molecule has 2 fully saturated rings. The van der Waals surface area contributed by atoms with Crippen LogP contribution in [0.3, 0.4) is 0 Å². The lowest BCUT2D eigenvalue weighted by Gasteiger charge is -2.30. The molecule has 1 aromatic rings. The Balaban J connectivity index is 1.57. The molecule has 11 nitrogen and oxygen atoms in total. The number of nitrogens with zero attached hydrogens (tertiary/aromatic N) is 1. The third-order valence-electron chi connectivity index (χ3n) is 7.47. The van der Waals surface area contributed by atoms with E-state index in [0.717, 1.165) is 30.2 Å². The van der Waals surface area contributed by atoms with Gasteiger partial charge >= 0.3 is 6.09 Å². The Kier molecular flexibility index (Phi) is 9.86. The van der Waals surface area contributed by atoms with Gasteiger partial charge in [0.05, 0.1) is 4.34 Å². The number of hydrogen-bond donors (Lipinski definition) is 3. The van der Waals surface area contributed by atoms with Crippen LogP contribution in [0.4, 0.5) is 4.79 Å². The molecule has 1 saturated carbocycles. The maximum absolute atomic E-state index is 13.7. The van der Waals surface area contributed by atoms with Crippen LogP contribution >= 0.6 is 34.5 Å². The van der Waals surface area contributed by atoms with E-state index in [2.05, 4.69) is 15.4 Å². The van der Waals surface area contributed by atoms with E-state index >= 15 is 0 Å². The van der Waals surface area contributed by atoms with Crippen molar-refractivity contribution in [3.8, 4) is 0 Å². The number of halogens is 2. The van der Waals surface area contributed by atoms with Crippen molar-refractivity contribution in [3.63, 3.8) is 0 Å². The molecule has 1 saturated heterocycles. The minimum absolute atomic E-state index is 0.0918. The molecule has 42 heavy (non-hydrogen) atoms. The third-order valence-corrected chi connectivity index (χ3v) is 10.6. The molecule has 3 N–H and O–H groups in total. The van der Waals surface area contributed by atoms with Crippen LogP contribution in [0.5, 0.6) is 0 Å². The number of carbonyl (C=O) groups excluding carboxylic acids is 4. The second kappa shape index (κ2) is 12.7. The maximum atomic E-state index is 13.7. The molecule has 3 aliphatic rings. The highest BCUT2D eigenvalue weighted by Crippen LogP contribution is 2.46. The van der Waals surface area contributed by atoms with Crippen molar-refractivity contribution in [3.05, 3.63) is 26.9 Å². The number of carbonyl (C=O) groups is 4. The number of allylic oxidation sites excluding steroid dienone is 1. The van der Waals surface area contributed by atoms with Crippen molar-refractivity contribution < 1.29 is 32.3 Å². The Morgan fingerprint density at radius 1 is 1.14 bits per heavy atom. The number of fused-ring (bicyclic) bond motifs is 2. The lowest BCUT2D eigenvalue weighted by Crippen LogP contribution is -2.58. The summed E-state index contributed by atoms with van der Waals surface area (Å²) >= 11 is 12.8. The molecule has 0 bridgehead atoms. The highest BCUT2D eigenvalue weighted by Gasteiger charge is 2.61. The van der Waals surface area contributed by atoms with Crippen molar-refractivity contribution in [1.82, 2.24) is 20.3 Å². The predicted octanol–water partition coefficient (Wildman–Crippen LogP) is 4.14. The normalized spacial score (nSPS) is 27.9. The highest BCUT2D eigenvalue weighted by molar-refractivity contribution is 7.90. The van der Waals surface area contributed by atoms with Gasteiger partial charge in [-0.25, -0.2) is 17.9 Å². The summed E-state index contributed by atoms with van der Waals surface area (Å²) < 4.78 is 33.5. The first kappa shape index (κ1) is 32.6. The van der Waals surface area contributed by atoms with Crippen LogP contribution in [-0.4, -0.2) is 66.9 Å². The van der Waals surface area contributed by atoms with Gasteiger partial charge in [0.1, 0.15) is 32.5 Å². The number of ether oxygens (including phenoxy) is 1. The molecule has 4 atom stereocenters. The minimum atomic E-state index is -4.37. The molecule has 0 spiro atoms. The number of nitrogens with one attached hydrogen (secondary N) is 3. The lowest BCUT2D eigenvalue weighted by molar-refractivity contribution is -0.141. The molecule has 232 valence electrons. The van der Waals surface area contributed by atoms with Crippen molar-refractivity contribution in [2.24, 2.45) is 5.92 Å². The summed E-state index contributed by atoms with van der Waals surface area (Å²) in [6.07, 6.45) is 7.48. The van der Waals surface area contributed by atoms with Gasteiger partial charge < -0.3 is 20.3 Å². The SMILES string of the molecule is CC(C)(C)OC(=O)NC1CCCCC/C=C\C2CC2(C(=O)NS(=O)(=O)c2cc(Cl)sc2Cl)NC(=O)C2CCCN2C1=O. The van der Waals surface area contributed by atoms with Gasteiger partial charge in [-0.05, 0) is 65.4 Å². The number of sulfonamides is 1. The van der Waals surface area contributed by atoms with Crippen LogP contribution < -0.4 is 15.4 Å². The molecule has 3 heterocycles. The summed E-state index contributed by atoms with van der Waals surface area (Å²) in [5.41, 5.74) is -2.27. The minimum Gasteiger partial charge on any atom is -0.444 e. The number of thiophene rings is 1. The van der Waals surface area contributed by atoms with Gasteiger partial charge in [-0.3, -0.25) is 14.4 Å². The molecule has 1 aromatic heterocycles. The van der Waals surface area contributed by atoms with Crippen LogP contribution in [0.15, 0.2) is 23.1 Å². The summed E-state index contributed by atoms with van der Waals surface area (Å²) in [6, 6.07) is -0.611. The van der Waals surface area contributed by atoms with E-state index in [9.17, 15) is 27.6 Å². The van der Waals surface area contributed by atoms with Crippen molar-refractivity contribution >= 4 is 68.4 Å². The maximum Gasteiger partial charge on any atom is 0.408 e. The van der Waals surface area contributed by atoms with Gasteiger partial charge in [0.25, 0.3) is 15.9 Å². The second-order valence-corrected chi connectivity index (χ2v) is 15.8. The smallest absolute Gasteiger partial charge is 0.408 e. The van der Waals surface area contributed by atoms with E-state index in [1.807, 2.05) is 12.2 Å². The molecule has 0 aromatic carbocycles.